The first kappa shape index (κ1) is 44.9. The van der Waals surface area contributed by atoms with Crippen molar-refractivity contribution in [2.75, 3.05) is 74.3 Å². The van der Waals surface area contributed by atoms with E-state index in [0.717, 1.165) is 42.0 Å². The number of likely N-dealkylation sites (N-methyl/N-ethyl adjacent to an activating group) is 1. The van der Waals surface area contributed by atoms with E-state index in [2.05, 4.69) is 27.9 Å². The molecule has 2 aromatic heterocycles. The number of imide groups is 2. The van der Waals surface area contributed by atoms with E-state index in [1.807, 2.05) is 17.0 Å². The monoisotopic (exact) mass is 885 g/mol. The number of nitrogens with one attached hydrogen (secondary N) is 3. The number of aryl methyl sites for hydroxylation is 1. The minimum Gasteiger partial charge on any atom is -0.496 e. The number of hydrogen-bond donors (Lipinski definition) is 3. The van der Waals surface area contributed by atoms with Crippen LogP contribution >= 0.6 is 11.3 Å². The number of benzene rings is 2. The highest BCUT2D eigenvalue weighted by Crippen LogP contribution is 2.40. The summed E-state index contributed by atoms with van der Waals surface area (Å²) in [5, 5.41) is 8.62. The van der Waals surface area contributed by atoms with Crippen LogP contribution in [0.15, 0.2) is 47.4 Å². The van der Waals surface area contributed by atoms with Gasteiger partial charge in [-0.25, -0.2) is 0 Å². The predicted molar refractivity (Wildman–Crippen MR) is 232 cm³/mol. The lowest BCUT2D eigenvalue weighted by atomic mass is 10.0. The quantitative estimate of drug-likeness (QED) is 0.103. The number of nitrogens with zero attached hydrogens (tertiary/aromatic N) is 4. The van der Waals surface area contributed by atoms with Crippen LogP contribution in [0.3, 0.4) is 0 Å². The Morgan fingerprint density at radius 1 is 0.905 bits per heavy atom. The van der Waals surface area contributed by atoms with Gasteiger partial charge in [0.15, 0.2) is 0 Å². The number of piperidine rings is 2. The van der Waals surface area contributed by atoms with Crippen LogP contribution in [0.4, 0.5) is 0 Å². The number of likely N-dealkylation sites (tertiary alicyclic amines) is 1. The summed E-state index contributed by atoms with van der Waals surface area (Å²) in [4.78, 5) is 95.3. The van der Waals surface area contributed by atoms with E-state index in [4.69, 9.17) is 18.9 Å². The Bertz CT molecular complexity index is 2490. The molecule has 3 aliphatic heterocycles. The first-order chi connectivity index (χ1) is 30.3. The summed E-state index contributed by atoms with van der Waals surface area (Å²) in [6, 6.07) is 9.02. The fourth-order valence-electron chi connectivity index (χ4n) is 8.08. The van der Waals surface area contributed by atoms with Crippen molar-refractivity contribution in [2.24, 2.45) is 7.05 Å². The van der Waals surface area contributed by atoms with Crippen molar-refractivity contribution in [2.45, 2.75) is 44.3 Å². The topological polar surface area (TPSA) is 207 Å². The third-order valence-electron chi connectivity index (χ3n) is 11.4. The molecule has 19 heteroatoms. The van der Waals surface area contributed by atoms with E-state index in [1.54, 1.807) is 52.7 Å². The second kappa shape index (κ2) is 19.5. The lowest BCUT2D eigenvalue weighted by Crippen LogP contribution is -2.54. The first-order valence-corrected chi connectivity index (χ1v) is 21.5. The van der Waals surface area contributed by atoms with Crippen molar-refractivity contribution in [3.8, 4) is 28.4 Å². The number of pyridine rings is 1. The molecule has 3 aliphatic rings. The van der Waals surface area contributed by atoms with Crippen LogP contribution in [0.1, 0.15) is 61.6 Å². The van der Waals surface area contributed by atoms with Crippen LogP contribution in [-0.4, -0.2) is 141 Å². The van der Waals surface area contributed by atoms with Gasteiger partial charge in [0, 0.05) is 49.1 Å². The van der Waals surface area contributed by atoms with Crippen LogP contribution in [0.5, 0.6) is 17.2 Å². The van der Waals surface area contributed by atoms with E-state index < -0.39 is 29.7 Å². The van der Waals surface area contributed by atoms with Crippen molar-refractivity contribution in [3.63, 3.8) is 0 Å². The van der Waals surface area contributed by atoms with Gasteiger partial charge in [-0.15, -0.1) is 11.3 Å². The molecule has 7 rings (SSSR count). The van der Waals surface area contributed by atoms with Crippen LogP contribution in [-0.2, 0) is 32.7 Å². The van der Waals surface area contributed by atoms with Crippen LogP contribution in [0.2, 0.25) is 0 Å². The normalized spacial score (nSPS) is 17.0. The fraction of sp³-hybridized carbons (Fsp3) is 0.432. The minimum atomic E-state index is -1.08. The summed E-state index contributed by atoms with van der Waals surface area (Å²) in [5.74, 6) is -1.64. The van der Waals surface area contributed by atoms with Gasteiger partial charge in [-0.3, -0.25) is 48.7 Å². The maximum absolute atomic E-state index is 13.4. The number of aromatic nitrogens is 1. The van der Waals surface area contributed by atoms with Gasteiger partial charge in [0.1, 0.15) is 29.9 Å². The summed E-state index contributed by atoms with van der Waals surface area (Å²) in [7, 11) is 8.65. The molecular weight excluding hydrogens is 835 g/mol. The minimum absolute atomic E-state index is 0.0203. The molecule has 2 fully saturated rings. The average molecular weight is 886 g/mol. The Labute approximate surface area is 367 Å². The number of methoxy groups -OCH3 is 2. The zero-order valence-corrected chi connectivity index (χ0v) is 36.7. The third-order valence-corrected chi connectivity index (χ3v) is 12.5. The van der Waals surface area contributed by atoms with Gasteiger partial charge >= 0.3 is 0 Å². The smallest absolute Gasteiger partial charge is 0.266 e. The number of rotatable bonds is 17. The number of thiophene rings is 1. The number of carbonyl (C=O) groups is 6. The van der Waals surface area contributed by atoms with Crippen molar-refractivity contribution < 1.29 is 47.7 Å². The standard InChI is InChI=1S/C44H51N7O11S/c1-48-14-11-26(12-15-48)46-41(55)35-21-28-39(63-35)29(23-50(3)42(28)56)25-19-33(59-4)30(34(20-25)60-5)22-49(2)24-37(53)45-13-16-61-17-18-62-32-8-6-7-27-38(32)44(58)51(43(27)57)31-9-10-36(52)47-40(31)54/h6-8,19-21,23,26,31H,9-18,22,24H2,1-5H3,(H,45,53)(H,46,55)(H,47,52,54). The van der Waals surface area contributed by atoms with Gasteiger partial charge in [0.05, 0.1) is 60.9 Å². The van der Waals surface area contributed by atoms with Crippen LogP contribution < -0.4 is 35.7 Å². The van der Waals surface area contributed by atoms with Crippen molar-refractivity contribution in [3.05, 3.63) is 74.5 Å². The van der Waals surface area contributed by atoms with E-state index in [1.165, 1.54) is 22.0 Å². The second-order valence-electron chi connectivity index (χ2n) is 15.8. The molecule has 0 aliphatic carbocycles. The summed E-state index contributed by atoms with van der Waals surface area (Å²) < 4.78 is 25.3. The molecule has 3 N–H and O–H groups in total. The van der Waals surface area contributed by atoms with E-state index >= 15 is 0 Å². The molecule has 63 heavy (non-hydrogen) atoms. The largest absolute Gasteiger partial charge is 0.496 e. The predicted octanol–water partition coefficient (Wildman–Crippen LogP) is 2.15. The van der Waals surface area contributed by atoms with Gasteiger partial charge in [-0.05, 0) is 82.3 Å². The molecule has 0 spiro atoms. The number of hydrogen-bond acceptors (Lipinski definition) is 14. The lowest BCUT2D eigenvalue weighted by Gasteiger charge is -2.29. The van der Waals surface area contributed by atoms with Crippen molar-refractivity contribution >= 4 is 56.9 Å². The Morgan fingerprint density at radius 3 is 2.33 bits per heavy atom. The molecule has 4 aromatic rings. The number of fused-ring (bicyclic) bond motifs is 2. The molecule has 6 amide bonds. The number of carbonyl (C=O) groups excluding carboxylic acids is 6. The maximum atomic E-state index is 13.4. The first-order valence-electron chi connectivity index (χ1n) is 20.7. The van der Waals surface area contributed by atoms with E-state index in [9.17, 15) is 33.6 Å². The van der Waals surface area contributed by atoms with E-state index in [-0.39, 0.29) is 86.0 Å². The molecule has 0 saturated carbocycles. The third kappa shape index (κ3) is 9.75. The number of ether oxygens (including phenoxy) is 4. The molecule has 1 atom stereocenters. The summed E-state index contributed by atoms with van der Waals surface area (Å²) in [6.07, 6.45) is 3.56. The zero-order chi connectivity index (χ0) is 44.9. The molecule has 0 bridgehead atoms. The number of amides is 6. The molecule has 2 aromatic carbocycles. The average Bonchev–Trinajstić information content (AvgIpc) is 3.82. The molecule has 5 heterocycles. The maximum Gasteiger partial charge on any atom is 0.266 e. The Balaban J connectivity index is 0.907. The Hall–Kier alpha value is -6.15. The van der Waals surface area contributed by atoms with Crippen molar-refractivity contribution in [1.29, 1.82) is 0 Å². The SMILES string of the molecule is COc1cc(-c2cn(C)c(=O)c3cc(C(=O)NC4CCN(C)CC4)sc23)cc(OC)c1CN(C)CC(=O)NCCOCCOc1cccc2c1C(=O)N(C1CCC(=O)NC1=O)C2=O. The fourth-order valence-corrected chi connectivity index (χ4v) is 9.16. The van der Waals surface area contributed by atoms with Gasteiger partial charge in [0.25, 0.3) is 23.3 Å². The molecule has 2 saturated heterocycles. The molecular formula is C44H51N7O11S. The summed E-state index contributed by atoms with van der Waals surface area (Å²) in [6.45, 7) is 2.76. The zero-order valence-electron chi connectivity index (χ0n) is 35.9. The molecule has 18 nitrogen and oxygen atoms in total. The molecule has 334 valence electrons. The Kier molecular flexibility index (Phi) is 13.9. The highest BCUT2D eigenvalue weighted by molar-refractivity contribution is 7.21. The van der Waals surface area contributed by atoms with Gasteiger partial charge in [0.2, 0.25) is 17.7 Å². The van der Waals surface area contributed by atoms with E-state index in [0.29, 0.717) is 38.6 Å². The van der Waals surface area contributed by atoms with Gasteiger partial charge in [-0.1, -0.05) is 6.07 Å². The lowest BCUT2D eigenvalue weighted by molar-refractivity contribution is -0.136. The molecule has 1 unspecified atom stereocenters. The molecule has 0 radical (unpaired) electrons. The summed E-state index contributed by atoms with van der Waals surface area (Å²) >= 11 is 1.28. The van der Waals surface area contributed by atoms with Crippen molar-refractivity contribution in [1.82, 2.24) is 35.2 Å². The highest BCUT2D eigenvalue weighted by atomic mass is 32.1. The van der Waals surface area contributed by atoms with Crippen LogP contribution in [0.25, 0.3) is 21.2 Å². The van der Waals surface area contributed by atoms with Gasteiger partial charge < -0.3 is 39.0 Å². The van der Waals surface area contributed by atoms with Crippen LogP contribution in [0, 0.1) is 0 Å². The summed E-state index contributed by atoms with van der Waals surface area (Å²) in [5.41, 5.74) is 2.16. The van der Waals surface area contributed by atoms with Gasteiger partial charge in [-0.2, -0.15) is 0 Å². The second-order valence-corrected chi connectivity index (χ2v) is 16.9. The highest BCUT2D eigenvalue weighted by Gasteiger charge is 2.46. The Morgan fingerprint density at radius 2 is 1.63 bits per heavy atom.